The lowest BCUT2D eigenvalue weighted by atomic mass is 9.96. The lowest BCUT2D eigenvalue weighted by molar-refractivity contribution is 0.0982. The minimum absolute atomic E-state index is 0. The third-order valence-electron chi connectivity index (χ3n) is 4.92. The molecule has 0 aromatic carbocycles. The van der Waals surface area contributed by atoms with Gasteiger partial charge in [-0.25, -0.2) is 0 Å². The number of nitrogens with zero attached hydrogens (tertiary/aromatic N) is 2. The van der Waals surface area contributed by atoms with Crippen LogP contribution in [0, 0.1) is 5.92 Å². The first kappa shape index (κ1) is 14.6. The van der Waals surface area contributed by atoms with Crippen LogP contribution >= 0.6 is 12.4 Å². The Labute approximate surface area is 118 Å². The van der Waals surface area contributed by atoms with Crippen molar-refractivity contribution >= 4 is 12.4 Å². The summed E-state index contributed by atoms with van der Waals surface area (Å²) in [5.41, 5.74) is 0. The van der Waals surface area contributed by atoms with E-state index in [1.807, 2.05) is 0 Å². The number of piperazine rings is 1. The van der Waals surface area contributed by atoms with Crippen molar-refractivity contribution in [2.24, 2.45) is 5.92 Å². The second kappa shape index (κ2) is 7.09. The van der Waals surface area contributed by atoms with Crippen molar-refractivity contribution in [2.75, 3.05) is 45.8 Å². The van der Waals surface area contributed by atoms with Crippen molar-refractivity contribution in [1.82, 2.24) is 15.1 Å². The van der Waals surface area contributed by atoms with Crippen LogP contribution in [0.3, 0.4) is 0 Å². The molecule has 4 heteroatoms. The topological polar surface area (TPSA) is 18.5 Å². The van der Waals surface area contributed by atoms with Crippen LogP contribution in [0.4, 0.5) is 0 Å². The van der Waals surface area contributed by atoms with Crippen molar-refractivity contribution in [2.45, 2.75) is 38.1 Å². The van der Waals surface area contributed by atoms with E-state index in [1.165, 1.54) is 77.9 Å². The van der Waals surface area contributed by atoms with Crippen LogP contribution in [-0.2, 0) is 0 Å². The fourth-order valence-corrected chi connectivity index (χ4v) is 3.79. The van der Waals surface area contributed by atoms with E-state index in [4.69, 9.17) is 0 Å². The van der Waals surface area contributed by atoms with E-state index in [-0.39, 0.29) is 12.4 Å². The van der Waals surface area contributed by atoms with E-state index < -0.39 is 0 Å². The lowest BCUT2D eigenvalue weighted by Gasteiger charge is -2.38. The second-order valence-electron chi connectivity index (χ2n) is 6.13. The van der Waals surface area contributed by atoms with Gasteiger partial charge in [-0.15, -0.1) is 12.4 Å². The van der Waals surface area contributed by atoms with E-state index in [2.05, 4.69) is 15.1 Å². The van der Waals surface area contributed by atoms with Crippen LogP contribution in [0.2, 0.25) is 0 Å². The first-order valence-electron chi connectivity index (χ1n) is 7.59. The fraction of sp³-hybridized carbons (Fsp3) is 1.00. The number of piperidine rings is 1. The maximum atomic E-state index is 3.53. The maximum Gasteiger partial charge on any atom is 0.0224 e. The number of fused-ring (bicyclic) bond motifs is 1. The summed E-state index contributed by atoms with van der Waals surface area (Å²) in [6, 6.07) is 0.897. The van der Waals surface area contributed by atoms with Crippen molar-refractivity contribution in [3.63, 3.8) is 0 Å². The molecule has 0 aromatic rings. The molecule has 3 aliphatic heterocycles. The average molecular weight is 274 g/mol. The molecule has 3 nitrogen and oxygen atoms in total. The number of nitrogens with one attached hydrogen (secondary N) is 1. The van der Waals surface area contributed by atoms with Crippen LogP contribution in [0.25, 0.3) is 0 Å². The molecule has 0 amide bonds. The first-order chi connectivity index (χ1) is 8.42. The molecule has 2 atom stereocenters. The van der Waals surface area contributed by atoms with Gasteiger partial charge in [-0.2, -0.15) is 0 Å². The Balaban J connectivity index is 0.00000120. The molecule has 0 spiro atoms. The summed E-state index contributed by atoms with van der Waals surface area (Å²) in [6.07, 6.45) is 7.14. The zero-order chi connectivity index (χ0) is 11.5. The Kier molecular flexibility index (Phi) is 5.74. The molecule has 3 saturated heterocycles. The second-order valence-corrected chi connectivity index (χ2v) is 6.13. The summed E-state index contributed by atoms with van der Waals surface area (Å²) in [5, 5.41) is 3.53. The highest BCUT2D eigenvalue weighted by atomic mass is 35.5. The molecule has 1 N–H and O–H groups in total. The third kappa shape index (κ3) is 3.60. The zero-order valence-corrected chi connectivity index (χ0v) is 12.3. The van der Waals surface area contributed by atoms with Gasteiger partial charge in [-0.1, -0.05) is 0 Å². The van der Waals surface area contributed by atoms with Crippen molar-refractivity contribution in [1.29, 1.82) is 0 Å². The molecule has 0 aliphatic carbocycles. The van der Waals surface area contributed by atoms with Crippen LogP contribution in [0.1, 0.15) is 32.1 Å². The number of halogens is 1. The Hall–Kier alpha value is 0.170. The van der Waals surface area contributed by atoms with Crippen LogP contribution in [-0.4, -0.2) is 61.7 Å². The number of hydrogen-bond acceptors (Lipinski definition) is 3. The molecule has 0 radical (unpaired) electrons. The van der Waals surface area contributed by atoms with Crippen molar-refractivity contribution in [3.8, 4) is 0 Å². The summed E-state index contributed by atoms with van der Waals surface area (Å²) >= 11 is 0. The highest BCUT2D eigenvalue weighted by molar-refractivity contribution is 5.85. The number of rotatable bonds is 3. The standard InChI is InChI=1S/C14H27N3.ClH/c1-3-13(11-15-6-1)5-8-16-9-10-17-7-2-4-14(17)12-16;/h13-15H,1-12H2;1H. The minimum atomic E-state index is 0. The molecule has 3 rings (SSSR count). The van der Waals surface area contributed by atoms with Crippen molar-refractivity contribution in [3.05, 3.63) is 0 Å². The monoisotopic (exact) mass is 273 g/mol. The van der Waals surface area contributed by atoms with Gasteiger partial charge in [0.25, 0.3) is 0 Å². The van der Waals surface area contributed by atoms with E-state index >= 15 is 0 Å². The van der Waals surface area contributed by atoms with Gasteiger partial charge in [0.2, 0.25) is 0 Å². The molecule has 2 unspecified atom stereocenters. The van der Waals surface area contributed by atoms with Gasteiger partial charge in [0, 0.05) is 25.7 Å². The van der Waals surface area contributed by atoms with Gasteiger partial charge < -0.3 is 10.2 Å². The molecule has 3 aliphatic rings. The summed E-state index contributed by atoms with van der Waals surface area (Å²) in [5.74, 6) is 0.949. The third-order valence-corrected chi connectivity index (χ3v) is 4.92. The minimum Gasteiger partial charge on any atom is -0.316 e. The van der Waals surface area contributed by atoms with Gasteiger partial charge in [-0.3, -0.25) is 4.90 Å². The summed E-state index contributed by atoms with van der Waals surface area (Å²) in [7, 11) is 0. The zero-order valence-electron chi connectivity index (χ0n) is 11.4. The summed E-state index contributed by atoms with van der Waals surface area (Å²) in [6.45, 7) is 9.22. The Morgan fingerprint density at radius 1 is 1.06 bits per heavy atom. The van der Waals surface area contributed by atoms with Gasteiger partial charge >= 0.3 is 0 Å². The average Bonchev–Trinajstić information content (AvgIpc) is 2.85. The van der Waals surface area contributed by atoms with Gasteiger partial charge in [0.05, 0.1) is 0 Å². The molecule has 106 valence electrons. The fourth-order valence-electron chi connectivity index (χ4n) is 3.79. The molecule has 0 bridgehead atoms. The van der Waals surface area contributed by atoms with E-state index in [0.29, 0.717) is 0 Å². The molecule has 3 heterocycles. The molecule has 0 saturated carbocycles. The molecule has 3 fully saturated rings. The van der Waals surface area contributed by atoms with Gasteiger partial charge in [0.15, 0.2) is 0 Å². The van der Waals surface area contributed by atoms with E-state index in [1.54, 1.807) is 0 Å². The quantitative estimate of drug-likeness (QED) is 0.842. The smallest absolute Gasteiger partial charge is 0.0224 e. The van der Waals surface area contributed by atoms with Crippen LogP contribution in [0.15, 0.2) is 0 Å². The highest BCUT2D eigenvalue weighted by Gasteiger charge is 2.30. The van der Waals surface area contributed by atoms with E-state index in [9.17, 15) is 0 Å². The largest absolute Gasteiger partial charge is 0.316 e. The Morgan fingerprint density at radius 2 is 2.00 bits per heavy atom. The summed E-state index contributed by atoms with van der Waals surface area (Å²) < 4.78 is 0. The van der Waals surface area contributed by atoms with E-state index in [0.717, 1.165) is 12.0 Å². The molecular formula is C14H28ClN3. The van der Waals surface area contributed by atoms with Crippen LogP contribution < -0.4 is 5.32 Å². The highest BCUT2D eigenvalue weighted by Crippen LogP contribution is 2.22. The predicted molar refractivity (Wildman–Crippen MR) is 78.5 cm³/mol. The first-order valence-corrected chi connectivity index (χ1v) is 7.59. The lowest BCUT2D eigenvalue weighted by Crippen LogP contribution is -2.50. The SMILES string of the molecule is C1CNCC(CCN2CCN3CCCC3C2)C1.Cl. The number of hydrogen-bond donors (Lipinski definition) is 1. The molecule has 0 aromatic heterocycles. The molecule has 18 heavy (non-hydrogen) atoms. The van der Waals surface area contributed by atoms with Crippen LogP contribution in [0.5, 0.6) is 0 Å². The Bertz CT molecular complexity index is 243. The van der Waals surface area contributed by atoms with Gasteiger partial charge in [0.1, 0.15) is 0 Å². The predicted octanol–water partition coefficient (Wildman–Crippen LogP) is 1.58. The Morgan fingerprint density at radius 3 is 2.83 bits per heavy atom. The summed E-state index contributed by atoms with van der Waals surface area (Å²) in [4.78, 5) is 5.43. The maximum absolute atomic E-state index is 3.53. The normalized spacial score (nSPS) is 34.0. The van der Waals surface area contributed by atoms with Gasteiger partial charge in [-0.05, 0) is 64.2 Å². The van der Waals surface area contributed by atoms with Crippen molar-refractivity contribution < 1.29 is 0 Å². The molecular weight excluding hydrogens is 246 g/mol.